The molecule has 2 aromatic rings. The van der Waals surface area contributed by atoms with Crippen LogP contribution in [0.5, 0.6) is 0 Å². The van der Waals surface area contributed by atoms with Crippen LogP contribution in [0.4, 0.5) is 0 Å². The molecule has 1 aliphatic rings. The molecule has 0 amide bonds. The molecule has 0 saturated carbocycles. The zero-order valence-corrected chi connectivity index (χ0v) is 21.7. The Bertz CT molecular complexity index is 706. The standard InChI is InChI=1S/C15H12.6CH3.2Sn/c1-15(2)13-9-5-3-7-11(13)12-8-4-6-10-14(12)15;;;;;;;;/h3-4,7-10H,1-2H3;6*1H3;;. The van der Waals surface area contributed by atoms with Crippen LogP contribution < -0.4 is 7.16 Å². The van der Waals surface area contributed by atoms with Gasteiger partial charge >= 0.3 is 151 Å². The Morgan fingerprint density at radius 3 is 1.26 bits per heavy atom. The Morgan fingerprint density at radius 2 is 0.957 bits per heavy atom. The third-order valence-electron chi connectivity index (χ3n) is 5.41. The van der Waals surface area contributed by atoms with E-state index in [0.717, 1.165) is 0 Å². The molecule has 2 heteroatoms. The Balaban J connectivity index is 2.22. The van der Waals surface area contributed by atoms with Crippen molar-refractivity contribution in [3.8, 4) is 11.1 Å². The molecule has 23 heavy (non-hydrogen) atoms. The van der Waals surface area contributed by atoms with Gasteiger partial charge in [0, 0.05) is 0 Å². The molecule has 0 unspecified atom stereocenters. The van der Waals surface area contributed by atoms with Crippen molar-refractivity contribution in [2.75, 3.05) is 0 Å². The van der Waals surface area contributed by atoms with E-state index in [-0.39, 0.29) is 5.41 Å². The summed E-state index contributed by atoms with van der Waals surface area (Å²) in [5.74, 6) is 0. The van der Waals surface area contributed by atoms with E-state index in [9.17, 15) is 0 Å². The predicted molar refractivity (Wildman–Crippen MR) is 110 cm³/mol. The van der Waals surface area contributed by atoms with Gasteiger partial charge in [-0.1, -0.05) is 0 Å². The van der Waals surface area contributed by atoms with Gasteiger partial charge in [0.05, 0.1) is 0 Å². The molecule has 0 heterocycles. The topological polar surface area (TPSA) is 0 Å². The molecule has 0 fully saturated rings. The molecule has 0 aliphatic heterocycles. The van der Waals surface area contributed by atoms with Gasteiger partial charge in [0.2, 0.25) is 0 Å². The third-order valence-corrected chi connectivity index (χ3v) is 17.1. The van der Waals surface area contributed by atoms with Crippen LogP contribution in [0.15, 0.2) is 36.4 Å². The molecule has 1 aliphatic carbocycles. The van der Waals surface area contributed by atoms with Gasteiger partial charge in [-0.05, 0) is 0 Å². The van der Waals surface area contributed by atoms with Crippen LogP contribution in [-0.4, -0.2) is 36.8 Å². The second-order valence-corrected chi connectivity index (χ2v) is 38.6. The molecule has 0 spiro atoms. The first-order chi connectivity index (χ1) is 10.4. The molecule has 0 saturated heterocycles. The zero-order valence-electron chi connectivity index (χ0n) is 16.0. The second-order valence-electron chi connectivity index (χ2n) is 9.65. The van der Waals surface area contributed by atoms with Gasteiger partial charge in [0.15, 0.2) is 0 Å². The van der Waals surface area contributed by atoms with Crippen LogP contribution in [0, 0.1) is 0 Å². The van der Waals surface area contributed by atoms with Crippen LogP contribution in [0.2, 0.25) is 29.6 Å². The van der Waals surface area contributed by atoms with Gasteiger partial charge in [-0.2, -0.15) is 0 Å². The van der Waals surface area contributed by atoms with Gasteiger partial charge in [-0.15, -0.1) is 0 Å². The first-order valence-corrected chi connectivity index (χ1v) is 28.7. The Labute approximate surface area is 150 Å². The van der Waals surface area contributed by atoms with Crippen molar-refractivity contribution >= 4 is 43.9 Å². The fraction of sp³-hybridized carbons (Fsp3) is 0.429. The van der Waals surface area contributed by atoms with Crippen LogP contribution in [-0.2, 0) is 5.41 Å². The Hall–Kier alpha value is 0.0374. The summed E-state index contributed by atoms with van der Waals surface area (Å²) in [6.07, 6.45) is 0. The number of hydrogen-bond donors (Lipinski definition) is 0. The van der Waals surface area contributed by atoms with E-state index in [1.54, 1.807) is 18.3 Å². The molecule has 2 aromatic carbocycles. The molecule has 0 nitrogen and oxygen atoms in total. The number of rotatable bonds is 2. The molecular formula is C21H30Sn2. The van der Waals surface area contributed by atoms with E-state index in [1.807, 2.05) is 0 Å². The van der Waals surface area contributed by atoms with Gasteiger partial charge in [0.1, 0.15) is 0 Å². The Morgan fingerprint density at radius 1 is 0.609 bits per heavy atom. The quantitative estimate of drug-likeness (QED) is 0.485. The van der Waals surface area contributed by atoms with E-state index < -0.39 is 36.8 Å². The SMILES string of the molecule is CC1(C)c2c[c]([Sn]([CH3])([CH3])[CH3])ccc2-c2cc[c]([Sn]([CH3])([CH3])[CH3])cc21. The van der Waals surface area contributed by atoms with E-state index >= 15 is 0 Å². The van der Waals surface area contributed by atoms with Gasteiger partial charge in [0.25, 0.3) is 0 Å². The summed E-state index contributed by atoms with van der Waals surface area (Å²) in [5.41, 5.74) is 6.20. The third kappa shape index (κ3) is 3.03. The van der Waals surface area contributed by atoms with E-state index in [0.29, 0.717) is 0 Å². The first-order valence-electron chi connectivity index (χ1n) is 8.73. The summed E-state index contributed by atoms with van der Waals surface area (Å²) in [5, 5.41) is 0. The number of hydrogen-bond acceptors (Lipinski definition) is 0. The van der Waals surface area contributed by atoms with E-state index in [2.05, 4.69) is 79.9 Å². The average Bonchev–Trinajstić information content (AvgIpc) is 2.65. The monoisotopic (exact) mass is 522 g/mol. The van der Waals surface area contributed by atoms with Crippen molar-refractivity contribution in [3.63, 3.8) is 0 Å². The van der Waals surface area contributed by atoms with E-state index in [1.165, 1.54) is 11.1 Å². The summed E-state index contributed by atoms with van der Waals surface area (Å²) in [4.78, 5) is 15.1. The van der Waals surface area contributed by atoms with E-state index in [4.69, 9.17) is 0 Å². The van der Waals surface area contributed by atoms with Crippen molar-refractivity contribution in [2.45, 2.75) is 48.9 Å². The van der Waals surface area contributed by atoms with Gasteiger partial charge in [-0.25, -0.2) is 0 Å². The first kappa shape index (κ1) is 17.8. The second kappa shape index (κ2) is 5.52. The normalized spacial score (nSPS) is 16.2. The van der Waals surface area contributed by atoms with Gasteiger partial charge in [-0.3, -0.25) is 0 Å². The maximum atomic E-state index is 2.55. The number of benzene rings is 2. The summed E-state index contributed by atoms with van der Waals surface area (Å²) in [7, 11) is 0. The van der Waals surface area contributed by atoms with Gasteiger partial charge < -0.3 is 0 Å². The molecule has 0 bridgehead atoms. The fourth-order valence-electron chi connectivity index (χ4n) is 3.67. The molecule has 0 radical (unpaired) electrons. The van der Waals surface area contributed by atoms with Crippen molar-refractivity contribution in [3.05, 3.63) is 47.5 Å². The molecule has 0 aromatic heterocycles. The predicted octanol–water partition coefficient (Wildman–Crippen LogP) is 5.08. The molecule has 122 valence electrons. The molecule has 0 N–H and O–H groups in total. The molecular weight excluding hydrogens is 490 g/mol. The van der Waals surface area contributed by atoms with Crippen LogP contribution >= 0.6 is 0 Å². The van der Waals surface area contributed by atoms with Crippen LogP contribution in [0.1, 0.15) is 25.0 Å². The summed E-state index contributed by atoms with van der Waals surface area (Å²) in [6, 6.07) is 14.7. The zero-order chi connectivity index (χ0) is 17.2. The summed E-state index contributed by atoms with van der Waals surface area (Å²) in [6.45, 7) is 4.84. The minimum absolute atomic E-state index is 0.144. The van der Waals surface area contributed by atoms with Crippen LogP contribution in [0.3, 0.4) is 0 Å². The fourth-order valence-corrected chi connectivity index (χ4v) is 10.3. The van der Waals surface area contributed by atoms with Crippen molar-refractivity contribution in [2.24, 2.45) is 0 Å². The number of fused-ring (bicyclic) bond motifs is 3. The molecule has 0 atom stereocenters. The minimum atomic E-state index is -2.03. The van der Waals surface area contributed by atoms with Crippen molar-refractivity contribution in [1.29, 1.82) is 0 Å². The average molecular weight is 520 g/mol. The van der Waals surface area contributed by atoms with Crippen molar-refractivity contribution in [1.82, 2.24) is 0 Å². The summed E-state index contributed by atoms with van der Waals surface area (Å²) >= 11 is -4.05. The Kier molecular flexibility index (Phi) is 4.28. The maximum absolute atomic E-state index is 2.55. The molecule has 3 rings (SSSR count). The summed E-state index contributed by atoms with van der Waals surface area (Å²) < 4.78 is 3.29. The van der Waals surface area contributed by atoms with Crippen molar-refractivity contribution < 1.29 is 0 Å². The van der Waals surface area contributed by atoms with Crippen LogP contribution in [0.25, 0.3) is 11.1 Å².